The van der Waals surface area contributed by atoms with Gasteiger partial charge in [-0.25, -0.2) is 14.6 Å². The first-order valence-corrected chi connectivity index (χ1v) is 15.4. The van der Waals surface area contributed by atoms with Gasteiger partial charge in [-0.3, -0.25) is 9.36 Å². The number of ether oxygens (including phenoxy) is 3. The largest absolute Gasteiger partial charge is 0.496 e. The first-order valence-electron chi connectivity index (χ1n) is 14.6. The van der Waals surface area contributed by atoms with Crippen molar-refractivity contribution < 1.29 is 28.9 Å². The van der Waals surface area contributed by atoms with Gasteiger partial charge >= 0.3 is 11.9 Å². The zero-order valence-electron chi connectivity index (χ0n) is 25.4. The van der Waals surface area contributed by atoms with E-state index in [1.807, 2.05) is 54.6 Å². The van der Waals surface area contributed by atoms with Gasteiger partial charge < -0.3 is 19.3 Å². The summed E-state index contributed by atoms with van der Waals surface area (Å²) >= 11 is 1.22. The summed E-state index contributed by atoms with van der Waals surface area (Å²) in [5, 5.41) is 11.0. The van der Waals surface area contributed by atoms with Crippen molar-refractivity contribution in [1.82, 2.24) is 4.57 Å². The number of benzene rings is 4. The Morgan fingerprint density at radius 2 is 1.72 bits per heavy atom. The third-order valence-electron chi connectivity index (χ3n) is 7.74. The molecule has 46 heavy (non-hydrogen) atoms. The van der Waals surface area contributed by atoms with Gasteiger partial charge in [0.25, 0.3) is 5.56 Å². The highest BCUT2D eigenvalue weighted by atomic mass is 32.1. The van der Waals surface area contributed by atoms with Gasteiger partial charge in [-0.05, 0) is 60.5 Å². The van der Waals surface area contributed by atoms with Crippen LogP contribution in [-0.2, 0) is 16.1 Å². The summed E-state index contributed by atoms with van der Waals surface area (Å²) in [6.45, 7) is 3.86. The number of esters is 1. The normalized spacial score (nSPS) is 14.5. The Labute approximate surface area is 267 Å². The predicted octanol–water partition coefficient (Wildman–Crippen LogP) is 5.24. The van der Waals surface area contributed by atoms with Gasteiger partial charge in [-0.1, -0.05) is 72.0 Å². The number of thiazole rings is 1. The molecular weight excluding hydrogens is 604 g/mol. The molecule has 0 saturated heterocycles. The zero-order chi connectivity index (χ0) is 32.4. The van der Waals surface area contributed by atoms with Crippen LogP contribution < -0.4 is 24.4 Å². The average Bonchev–Trinajstić information content (AvgIpc) is 3.37. The summed E-state index contributed by atoms with van der Waals surface area (Å²) in [4.78, 5) is 44.2. The van der Waals surface area contributed by atoms with Crippen LogP contribution in [0.15, 0.2) is 106 Å². The second-order valence-corrected chi connectivity index (χ2v) is 11.5. The molecule has 9 nitrogen and oxygen atoms in total. The SMILES string of the molecule is CCOC(=O)C1=C(C)N=c2s/c(=C\c3ccccc3OCc3ccc(C(=O)O)cc3)c(=O)n2[C@@H]1c1c(OC)ccc2ccccc12. The molecule has 1 aliphatic heterocycles. The number of para-hydroxylation sites is 1. The molecule has 0 saturated carbocycles. The van der Waals surface area contributed by atoms with E-state index in [-0.39, 0.29) is 29.9 Å². The minimum Gasteiger partial charge on any atom is -0.496 e. The highest BCUT2D eigenvalue weighted by molar-refractivity contribution is 7.07. The number of carbonyl (C=O) groups is 2. The van der Waals surface area contributed by atoms with E-state index >= 15 is 0 Å². The number of methoxy groups -OCH3 is 1. The molecular formula is C36H30N2O7S. The molecule has 0 bridgehead atoms. The average molecular weight is 635 g/mol. The minimum absolute atomic E-state index is 0.167. The van der Waals surface area contributed by atoms with Gasteiger partial charge in [-0.2, -0.15) is 0 Å². The van der Waals surface area contributed by atoms with E-state index in [9.17, 15) is 19.5 Å². The quantitative estimate of drug-likeness (QED) is 0.221. The number of fused-ring (bicyclic) bond motifs is 2. The van der Waals surface area contributed by atoms with Crippen molar-refractivity contribution in [3.63, 3.8) is 0 Å². The van der Waals surface area contributed by atoms with E-state index in [4.69, 9.17) is 19.2 Å². The molecule has 0 fully saturated rings. The third kappa shape index (κ3) is 5.70. The highest BCUT2D eigenvalue weighted by Crippen LogP contribution is 2.40. The molecule has 10 heteroatoms. The molecule has 1 aliphatic rings. The van der Waals surface area contributed by atoms with Crippen molar-refractivity contribution in [2.24, 2.45) is 4.99 Å². The van der Waals surface area contributed by atoms with E-state index in [2.05, 4.69) is 0 Å². The van der Waals surface area contributed by atoms with E-state index < -0.39 is 18.0 Å². The van der Waals surface area contributed by atoms with Crippen molar-refractivity contribution >= 4 is 40.1 Å². The molecule has 0 radical (unpaired) electrons. The third-order valence-corrected chi connectivity index (χ3v) is 8.72. The Bertz CT molecular complexity index is 2200. The van der Waals surface area contributed by atoms with Crippen LogP contribution in [0.4, 0.5) is 0 Å². The highest BCUT2D eigenvalue weighted by Gasteiger charge is 2.36. The lowest BCUT2D eigenvalue weighted by atomic mass is 9.90. The van der Waals surface area contributed by atoms with Crippen LogP contribution in [0.5, 0.6) is 11.5 Å². The summed E-state index contributed by atoms with van der Waals surface area (Å²) in [7, 11) is 1.56. The Morgan fingerprint density at radius 3 is 2.46 bits per heavy atom. The van der Waals surface area contributed by atoms with Crippen LogP contribution in [0.25, 0.3) is 16.8 Å². The number of carboxylic acids is 1. The Kier molecular flexibility index (Phi) is 8.54. The molecule has 1 N–H and O–H groups in total. The fraction of sp³-hybridized carbons (Fsp3) is 0.167. The topological polar surface area (TPSA) is 116 Å². The zero-order valence-corrected chi connectivity index (χ0v) is 26.2. The van der Waals surface area contributed by atoms with E-state index in [1.54, 1.807) is 49.8 Å². The van der Waals surface area contributed by atoms with Gasteiger partial charge in [0.1, 0.15) is 24.1 Å². The summed E-state index contributed by atoms with van der Waals surface area (Å²) in [5.74, 6) is -0.464. The fourth-order valence-corrected chi connectivity index (χ4v) is 6.61. The molecule has 4 aromatic carbocycles. The van der Waals surface area contributed by atoms with E-state index in [1.165, 1.54) is 23.5 Å². The summed E-state index contributed by atoms with van der Waals surface area (Å²) in [6, 6.07) is 24.5. The van der Waals surface area contributed by atoms with Crippen LogP contribution in [0.2, 0.25) is 0 Å². The maximum absolute atomic E-state index is 14.3. The second kappa shape index (κ2) is 12.9. The van der Waals surface area contributed by atoms with E-state index in [0.29, 0.717) is 37.7 Å². The number of carbonyl (C=O) groups excluding carboxylic acids is 1. The standard InChI is InChI=1S/C36H30N2O7S/c1-4-44-35(42)30-21(2)37-36-38(32(30)31-26-11-7-5-9-23(26)17-18-28(31)43-3)33(39)29(46-36)19-25-10-6-8-12-27(25)45-20-22-13-15-24(16-14-22)34(40)41/h5-19,32H,4,20H2,1-3H3,(H,40,41)/b29-19-/t32-/m0/s1. The molecule has 6 rings (SSSR count). The van der Waals surface area contributed by atoms with Crippen LogP contribution in [0.3, 0.4) is 0 Å². The van der Waals surface area contributed by atoms with Gasteiger partial charge in [0.15, 0.2) is 4.80 Å². The number of nitrogens with zero attached hydrogens (tertiary/aromatic N) is 2. The van der Waals surface area contributed by atoms with Crippen molar-refractivity contribution in [3.05, 3.63) is 138 Å². The number of allylic oxidation sites excluding steroid dienone is 1. The Hall–Kier alpha value is -5.48. The fourth-order valence-electron chi connectivity index (χ4n) is 5.58. The molecule has 0 amide bonds. The molecule has 0 aliphatic carbocycles. The number of hydrogen-bond donors (Lipinski definition) is 1. The Morgan fingerprint density at radius 1 is 0.978 bits per heavy atom. The molecule has 232 valence electrons. The molecule has 1 aromatic heterocycles. The van der Waals surface area contributed by atoms with Gasteiger partial charge in [-0.15, -0.1) is 0 Å². The monoisotopic (exact) mass is 634 g/mol. The number of carboxylic acid groups (broad SMARTS) is 1. The number of hydrogen-bond acceptors (Lipinski definition) is 8. The van der Waals surface area contributed by atoms with Crippen LogP contribution in [0.1, 0.15) is 46.9 Å². The van der Waals surface area contributed by atoms with Gasteiger partial charge in [0, 0.05) is 11.1 Å². The molecule has 0 spiro atoms. The van der Waals surface area contributed by atoms with E-state index in [0.717, 1.165) is 16.3 Å². The summed E-state index contributed by atoms with van der Waals surface area (Å²) < 4.78 is 19.4. The van der Waals surface area contributed by atoms with Gasteiger partial charge in [0.05, 0.1) is 35.1 Å². The Balaban J connectivity index is 1.48. The van der Waals surface area contributed by atoms with Crippen molar-refractivity contribution in [2.45, 2.75) is 26.5 Å². The molecule has 5 aromatic rings. The number of rotatable bonds is 9. The molecule has 0 unspecified atom stereocenters. The van der Waals surface area contributed by atoms with Crippen LogP contribution >= 0.6 is 11.3 Å². The predicted molar refractivity (Wildman–Crippen MR) is 175 cm³/mol. The smallest absolute Gasteiger partial charge is 0.338 e. The van der Waals surface area contributed by atoms with Crippen molar-refractivity contribution in [2.75, 3.05) is 13.7 Å². The summed E-state index contributed by atoms with van der Waals surface area (Å²) in [5.41, 5.74) is 2.75. The van der Waals surface area contributed by atoms with Gasteiger partial charge in [0.2, 0.25) is 0 Å². The maximum Gasteiger partial charge on any atom is 0.338 e. The van der Waals surface area contributed by atoms with Crippen molar-refractivity contribution in [3.8, 4) is 11.5 Å². The second-order valence-electron chi connectivity index (χ2n) is 10.5. The van der Waals surface area contributed by atoms with Crippen molar-refractivity contribution in [1.29, 1.82) is 0 Å². The first kappa shape index (κ1) is 30.5. The molecule has 1 atom stereocenters. The number of aromatic nitrogens is 1. The maximum atomic E-state index is 14.3. The lowest BCUT2D eigenvalue weighted by Crippen LogP contribution is -2.40. The lowest BCUT2D eigenvalue weighted by molar-refractivity contribution is -0.139. The van der Waals surface area contributed by atoms with Crippen LogP contribution in [0, 0.1) is 0 Å². The first-order chi connectivity index (χ1) is 22.3. The summed E-state index contributed by atoms with van der Waals surface area (Å²) in [6.07, 6.45) is 1.76. The van der Waals surface area contributed by atoms with Crippen LogP contribution in [-0.4, -0.2) is 35.3 Å². The number of aromatic carboxylic acids is 1. The lowest BCUT2D eigenvalue weighted by Gasteiger charge is -2.27. The minimum atomic E-state index is -0.995. The molecule has 2 heterocycles.